The first-order valence-electron chi connectivity index (χ1n) is 8.91. The molecule has 2 heterocycles. The van der Waals surface area contributed by atoms with Crippen LogP contribution in [0.4, 0.5) is 9.52 Å². The Kier molecular flexibility index (Phi) is 5.86. The Hall–Kier alpha value is -2.32. The normalized spacial score (nSPS) is 17.6. The molecule has 1 saturated heterocycles. The summed E-state index contributed by atoms with van der Waals surface area (Å²) in [6.45, 7) is 7.52. The van der Waals surface area contributed by atoms with E-state index in [0.717, 1.165) is 16.8 Å². The maximum Gasteiger partial charge on any atom is 0.242 e. The smallest absolute Gasteiger partial charge is 0.242 e. The number of carbonyl (C=O) groups excluding carboxylic acids is 2. The molecule has 1 aromatic carbocycles. The van der Waals surface area contributed by atoms with Crippen molar-refractivity contribution in [3.63, 3.8) is 0 Å². The summed E-state index contributed by atoms with van der Waals surface area (Å²) in [6.07, 6.45) is 0. The third kappa shape index (κ3) is 4.17. The highest BCUT2D eigenvalue weighted by molar-refractivity contribution is 7.14. The number of carbonyl (C=O) groups is 2. The Balaban J connectivity index is 1.85. The first-order valence-corrected chi connectivity index (χ1v) is 9.79. The van der Waals surface area contributed by atoms with Gasteiger partial charge in [0.05, 0.1) is 5.69 Å². The van der Waals surface area contributed by atoms with Crippen molar-refractivity contribution in [3.05, 3.63) is 46.2 Å². The van der Waals surface area contributed by atoms with E-state index in [2.05, 4.69) is 10.3 Å². The van der Waals surface area contributed by atoms with Crippen LogP contribution in [0.3, 0.4) is 0 Å². The number of amides is 2. The van der Waals surface area contributed by atoms with Crippen molar-refractivity contribution in [1.82, 2.24) is 15.2 Å². The van der Waals surface area contributed by atoms with E-state index in [1.54, 1.807) is 11.0 Å². The lowest BCUT2D eigenvalue weighted by atomic mass is 9.97. The molecule has 0 aliphatic carbocycles. The maximum atomic E-state index is 13.5. The molecular weight excluding hydrogens is 367 g/mol. The molecule has 1 N–H and O–H groups in total. The van der Waals surface area contributed by atoms with Crippen LogP contribution in [0, 0.1) is 12.7 Å². The number of anilines is 1. The molecule has 1 fully saturated rings. The molecule has 2 amide bonds. The molecule has 1 aliphatic heterocycles. The number of thiazole rings is 1. The largest absolute Gasteiger partial charge is 0.353 e. The number of halogens is 1. The predicted molar refractivity (Wildman–Crippen MR) is 103 cm³/mol. The van der Waals surface area contributed by atoms with E-state index in [1.807, 2.05) is 24.1 Å². The van der Waals surface area contributed by atoms with Crippen molar-refractivity contribution in [3.8, 4) is 0 Å². The number of nitrogens with zero attached hydrogens (tertiary/aromatic N) is 3. The van der Waals surface area contributed by atoms with Gasteiger partial charge in [0.2, 0.25) is 11.8 Å². The predicted octanol–water partition coefficient (Wildman–Crippen LogP) is 2.64. The summed E-state index contributed by atoms with van der Waals surface area (Å²) in [5.74, 6) is -0.451. The molecule has 144 valence electrons. The Morgan fingerprint density at radius 1 is 1.48 bits per heavy atom. The third-order valence-electron chi connectivity index (χ3n) is 4.67. The van der Waals surface area contributed by atoms with Gasteiger partial charge < -0.3 is 5.32 Å². The van der Waals surface area contributed by atoms with Gasteiger partial charge in [-0.1, -0.05) is 6.07 Å². The van der Waals surface area contributed by atoms with Crippen LogP contribution < -0.4 is 10.2 Å². The van der Waals surface area contributed by atoms with Crippen LogP contribution in [0.1, 0.15) is 36.7 Å². The summed E-state index contributed by atoms with van der Waals surface area (Å²) in [5.41, 5.74) is 2.35. The monoisotopic (exact) mass is 390 g/mol. The molecule has 2 aromatic rings. The standard InChI is InChI=1S/C19H23FN4O2S/c1-4-24(13(3)25)19-22-15(11-27-19)10-23-8-7-21-18(26)17(23)16-6-5-14(20)9-12(16)2/h5-6,9,11,17H,4,7-8,10H2,1-3H3,(H,21,26). The van der Waals surface area contributed by atoms with Crippen molar-refractivity contribution >= 4 is 28.3 Å². The molecule has 1 atom stereocenters. The molecule has 1 aliphatic rings. The molecular formula is C19H23FN4O2S. The highest BCUT2D eigenvalue weighted by Crippen LogP contribution is 2.29. The van der Waals surface area contributed by atoms with Gasteiger partial charge in [0.15, 0.2) is 5.13 Å². The summed E-state index contributed by atoms with van der Waals surface area (Å²) >= 11 is 1.42. The second kappa shape index (κ2) is 8.14. The number of benzene rings is 1. The van der Waals surface area contributed by atoms with E-state index < -0.39 is 6.04 Å². The highest BCUT2D eigenvalue weighted by Gasteiger charge is 2.32. The molecule has 0 saturated carbocycles. The van der Waals surface area contributed by atoms with Crippen LogP contribution in [0.2, 0.25) is 0 Å². The van der Waals surface area contributed by atoms with Gasteiger partial charge in [-0.3, -0.25) is 19.4 Å². The van der Waals surface area contributed by atoms with Crippen molar-refractivity contribution in [2.24, 2.45) is 0 Å². The van der Waals surface area contributed by atoms with Gasteiger partial charge in [0.1, 0.15) is 11.9 Å². The highest BCUT2D eigenvalue weighted by atomic mass is 32.1. The van der Waals surface area contributed by atoms with Crippen molar-refractivity contribution in [1.29, 1.82) is 0 Å². The molecule has 8 heteroatoms. The molecule has 1 unspecified atom stereocenters. The number of piperazine rings is 1. The molecule has 0 spiro atoms. The summed E-state index contributed by atoms with van der Waals surface area (Å²) in [7, 11) is 0. The van der Waals surface area contributed by atoms with E-state index >= 15 is 0 Å². The summed E-state index contributed by atoms with van der Waals surface area (Å²) in [4.78, 5) is 32.5. The van der Waals surface area contributed by atoms with Gasteiger partial charge in [0.25, 0.3) is 0 Å². The van der Waals surface area contributed by atoms with Crippen molar-refractivity contribution in [2.45, 2.75) is 33.4 Å². The second-order valence-electron chi connectivity index (χ2n) is 6.55. The van der Waals surface area contributed by atoms with Gasteiger partial charge in [-0.15, -0.1) is 11.3 Å². The second-order valence-corrected chi connectivity index (χ2v) is 7.39. The zero-order valence-corrected chi connectivity index (χ0v) is 16.5. The minimum absolute atomic E-state index is 0.0458. The zero-order valence-electron chi connectivity index (χ0n) is 15.7. The van der Waals surface area contributed by atoms with E-state index in [0.29, 0.717) is 31.3 Å². The van der Waals surface area contributed by atoms with Crippen molar-refractivity contribution < 1.29 is 14.0 Å². The lowest BCUT2D eigenvalue weighted by Crippen LogP contribution is -2.49. The molecule has 3 rings (SSSR count). The quantitative estimate of drug-likeness (QED) is 0.852. The lowest BCUT2D eigenvalue weighted by molar-refractivity contribution is -0.129. The van der Waals surface area contributed by atoms with Crippen LogP contribution in [0.5, 0.6) is 0 Å². The minimum Gasteiger partial charge on any atom is -0.353 e. The first-order chi connectivity index (χ1) is 12.9. The maximum absolute atomic E-state index is 13.5. The topological polar surface area (TPSA) is 65.5 Å². The number of aromatic nitrogens is 1. The van der Waals surface area contributed by atoms with Gasteiger partial charge in [-0.2, -0.15) is 0 Å². The van der Waals surface area contributed by atoms with E-state index in [9.17, 15) is 14.0 Å². The number of hydrogen-bond donors (Lipinski definition) is 1. The number of aryl methyl sites for hydroxylation is 1. The Morgan fingerprint density at radius 3 is 2.93 bits per heavy atom. The molecule has 0 bridgehead atoms. The number of rotatable bonds is 5. The van der Waals surface area contributed by atoms with Gasteiger partial charge in [0, 0.05) is 38.5 Å². The third-order valence-corrected chi connectivity index (χ3v) is 5.58. The van der Waals surface area contributed by atoms with E-state index in [-0.39, 0.29) is 17.6 Å². The Morgan fingerprint density at radius 2 is 2.26 bits per heavy atom. The fourth-order valence-corrected chi connectivity index (χ4v) is 4.29. The fourth-order valence-electron chi connectivity index (χ4n) is 3.36. The average molecular weight is 390 g/mol. The van der Waals surface area contributed by atoms with Crippen molar-refractivity contribution in [2.75, 3.05) is 24.5 Å². The summed E-state index contributed by atoms with van der Waals surface area (Å²) in [6, 6.07) is 4.02. The van der Waals surface area contributed by atoms with Gasteiger partial charge in [-0.25, -0.2) is 9.37 Å². The SMILES string of the molecule is CCN(C(C)=O)c1nc(CN2CCNC(=O)C2c2ccc(F)cc2C)cs1. The van der Waals surface area contributed by atoms with Crippen LogP contribution in [-0.2, 0) is 16.1 Å². The van der Waals surface area contributed by atoms with Crippen LogP contribution in [-0.4, -0.2) is 41.3 Å². The molecule has 0 radical (unpaired) electrons. The van der Waals surface area contributed by atoms with E-state index in [4.69, 9.17) is 0 Å². The molecule has 27 heavy (non-hydrogen) atoms. The molecule has 1 aromatic heterocycles. The number of nitrogens with one attached hydrogen (secondary N) is 1. The lowest BCUT2D eigenvalue weighted by Gasteiger charge is -2.35. The van der Waals surface area contributed by atoms with E-state index in [1.165, 1.54) is 30.4 Å². The minimum atomic E-state index is -0.486. The van der Waals surface area contributed by atoms with Gasteiger partial charge >= 0.3 is 0 Å². The summed E-state index contributed by atoms with van der Waals surface area (Å²) < 4.78 is 13.5. The average Bonchev–Trinajstić information content (AvgIpc) is 3.04. The van der Waals surface area contributed by atoms with Gasteiger partial charge in [-0.05, 0) is 37.1 Å². The number of hydrogen-bond acceptors (Lipinski definition) is 5. The van der Waals surface area contributed by atoms with Crippen LogP contribution in [0.15, 0.2) is 23.6 Å². The van der Waals surface area contributed by atoms with Crippen LogP contribution >= 0.6 is 11.3 Å². The Bertz CT molecular complexity index is 854. The fraction of sp³-hybridized carbons (Fsp3) is 0.421. The van der Waals surface area contributed by atoms with Crippen LogP contribution in [0.25, 0.3) is 0 Å². The summed E-state index contributed by atoms with van der Waals surface area (Å²) in [5, 5.41) is 5.47. The Labute approximate surface area is 162 Å². The molecule has 6 nitrogen and oxygen atoms in total. The zero-order chi connectivity index (χ0) is 19.6. The first kappa shape index (κ1) is 19.4.